The van der Waals surface area contributed by atoms with E-state index in [1.165, 1.54) is 12.1 Å². The highest BCUT2D eigenvalue weighted by atomic mass is 19.4. The van der Waals surface area contributed by atoms with E-state index < -0.39 is 17.8 Å². The van der Waals surface area contributed by atoms with Crippen LogP contribution in [0.1, 0.15) is 28.7 Å². The van der Waals surface area contributed by atoms with Crippen molar-refractivity contribution in [3.63, 3.8) is 0 Å². The fourth-order valence-corrected chi connectivity index (χ4v) is 4.10. The Morgan fingerprint density at radius 2 is 2.00 bits per heavy atom. The van der Waals surface area contributed by atoms with Crippen LogP contribution in [0.15, 0.2) is 55.0 Å². The SMILES string of the molecule is COc1cc(Nc2nc3n(n2)CCNC3c2ccccc2C(F)(F)F)ccc1-n1cnc(C)c1. The number of halogens is 3. The molecule has 0 saturated heterocycles. The highest BCUT2D eigenvalue weighted by Crippen LogP contribution is 2.37. The van der Waals surface area contributed by atoms with Crippen molar-refractivity contribution in [3.05, 3.63) is 77.6 Å². The molecule has 2 aromatic carbocycles. The summed E-state index contributed by atoms with van der Waals surface area (Å²) in [5.74, 6) is 1.33. The Bertz CT molecular complexity index is 1330. The summed E-state index contributed by atoms with van der Waals surface area (Å²) in [6.45, 7) is 2.87. The fourth-order valence-electron chi connectivity index (χ4n) is 4.10. The topological polar surface area (TPSA) is 81.8 Å². The molecule has 3 heterocycles. The Kier molecular flexibility index (Phi) is 5.48. The molecule has 0 radical (unpaired) electrons. The number of benzene rings is 2. The van der Waals surface area contributed by atoms with Crippen molar-refractivity contribution in [1.82, 2.24) is 29.6 Å². The summed E-state index contributed by atoms with van der Waals surface area (Å²) in [6, 6.07) is 10.3. The van der Waals surface area contributed by atoms with Gasteiger partial charge in [0.15, 0.2) is 5.82 Å². The second kappa shape index (κ2) is 8.49. The van der Waals surface area contributed by atoms with Crippen LogP contribution in [-0.4, -0.2) is 38.0 Å². The monoisotopic (exact) mass is 469 g/mol. The lowest BCUT2D eigenvalue weighted by Crippen LogP contribution is -2.35. The second-order valence-corrected chi connectivity index (χ2v) is 7.92. The number of hydrogen-bond acceptors (Lipinski definition) is 6. The molecule has 1 aliphatic rings. The molecule has 0 bridgehead atoms. The Hall–Kier alpha value is -3.86. The van der Waals surface area contributed by atoms with Gasteiger partial charge in [-0.25, -0.2) is 9.67 Å². The van der Waals surface area contributed by atoms with Crippen molar-refractivity contribution in [3.8, 4) is 11.4 Å². The van der Waals surface area contributed by atoms with Gasteiger partial charge in [-0.1, -0.05) is 18.2 Å². The number of aromatic nitrogens is 5. The molecule has 1 unspecified atom stereocenters. The fraction of sp³-hybridized carbons (Fsp3) is 0.261. The Balaban J connectivity index is 1.45. The van der Waals surface area contributed by atoms with Crippen molar-refractivity contribution in [2.24, 2.45) is 0 Å². The molecule has 0 saturated carbocycles. The van der Waals surface area contributed by atoms with Crippen LogP contribution >= 0.6 is 0 Å². The first-order valence-corrected chi connectivity index (χ1v) is 10.6. The van der Waals surface area contributed by atoms with Crippen molar-refractivity contribution in [2.75, 3.05) is 19.0 Å². The van der Waals surface area contributed by atoms with Crippen LogP contribution in [-0.2, 0) is 12.7 Å². The highest BCUT2D eigenvalue weighted by molar-refractivity contribution is 5.62. The summed E-state index contributed by atoms with van der Waals surface area (Å²) in [5.41, 5.74) is 1.82. The molecule has 0 spiro atoms. The molecule has 2 N–H and O–H groups in total. The van der Waals surface area contributed by atoms with Crippen molar-refractivity contribution in [2.45, 2.75) is 25.7 Å². The molecule has 1 aliphatic heterocycles. The maximum absolute atomic E-state index is 13.6. The molecule has 2 aromatic heterocycles. The van der Waals surface area contributed by atoms with E-state index in [2.05, 4.69) is 25.7 Å². The molecule has 0 aliphatic carbocycles. The van der Waals surface area contributed by atoms with E-state index in [9.17, 15) is 13.2 Å². The summed E-state index contributed by atoms with van der Waals surface area (Å²) in [7, 11) is 1.58. The van der Waals surface area contributed by atoms with E-state index in [1.54, 1.807) is 30.3 Å². The number of fused-ring (bicyclic) bond motifs is 1. The molecule has 4 aromatic rings. The maximum atomic E-state index is 13.6. The van der Waals surface area contributed by atoms with Gasteiger partial charge in [0.2, 0.25) is 5.95 Å². The zero-order chi connectivity index (χ0) is 23.9. The predicted molar refractivity (Wildman–Crippen MR) is 119 cm³/mol. The van der Waals surface area contributed by atoms with E-state index in [-0.39, 0.29) is 5.56 Å². The third-order valence-corrected chi connectivity index (χ3v) is 5.63. The molecule has 0 amide bonds. The average Bonchev–Trinajstić information content (AvgIpc) is 3.43. The molecular weight excluding hydrogens is 447 g/mol. The molecular formula is C23H22F3N7O. The van der Waals surface area contributed by atoms with Gasteiger partial charge >= 0.3 is 6.18 Å². The minimum absolute atomic E-state index is 0.122. The van der Waals surface area contributed by atoms with Crippen molar-refractivity contribution >= 4 is 11.6 Å². The van der Waals surface area contributed by atoms with Gasteiger partial charge < -0.3 is 19.9 Å². The maximum Gasteiger partial charge on any atom is 0.416 e. The number of ether oxygens (including phenoxy) is 1. The molecule has 1 atom stereocenters. The molecule has 5 rings (SSSR count). The minimum atomic E-state index is -4.46. The van der Waals surface area contributed by atoms with Crippen LogP contribution in [0.25, 0.3) is 5.69 Å². The highest BCUT2D eigenvalue weighted by Gasteiger charge is 2.37. The summed E-state index contributed by atoms with van der Waals surface area (Å²) in [5, 5.41) is 10.8. The number of rotatable bonds is 5. The first-order chi connectivity index (χ1) is 16.3. The lowest BCUT2D eigenvalue weighted by atomic mass is 9.98. The van der Waals surface area contributed by atoms with E-state index in [1.807, 2.05) is 29.8 Å². The zero-order valence-corrected chi connectivity index (χ0v) is 18.5. The average molecular weight is 469 g/mol. The zero-order valence-electron chi connectivity index (χ0n) is 18.5. The quantitative estimate of drug-likeness (QED) is 0.455. The summed E-state index contributed by atoms with van der Waals surface area (Å²) >= 11 is 0. The number of nitrogens with zero attached hydrogens (tertiary/aromatic N) is 5. The minimum Gasteiger partial charge on any atom is -0.494 e. The number of alkyl halides is 3. The van der Waals surface area contributed by atoms with Crippen molar-refractivity contribution < 1.29 is 17.9 Å². The van der Waals surface area contributed by atoms with Gasteiger partial charge in [0.1, 0.15) is 5.75 Å². The van der Waals surface area contributed by atoms with Crippen LogP contribution in [0.5, 0.6) is 5.75 Å². The van der Waals surface area contributed by atoms with Gasteiger partial charge in [0.25, 0.3) is 0 Å². The molecule has 8 nitrogen and oxygen atoms in total. The summed E-state index contributed by atoms with van der Waals surface area (Å²) in [6.07, 6.45) is -0.868. The van der Waals surface area contributed by atoms with Crippen LogP contribution < -0.4 is 15.4 Å². The number of aryl methyl sites for hydroxylation is 1. The summed E-state index contributed by atoms with van der Waals surface area (Å²) < 4.78 is 49.8. The van der Waals surface area contributed by atoms with E-state index in [0.29, 0.717) is 36.3 Å². The number of hydrogen-bond donors (Lipinski definition) is 2. The van der Waals surface area contributed by atoms with Gasteiger partial charge in [-0.05, 0) is 30.7 Å². The smallest absolute Gasteiger partial charge is 0.416 e. The number of methoxy groups -OCH3 is 1. The second-order valence-electron chi connectivity index (χ2n) is 7.92. The van der Waals surface area contributed by atoms with Crippen LogP contribution in [0.4, 0.5) is 24.8 Å². The largest absolute Gasteiger partial charge is 0.494 e. The Morgan fingerprint density at radius 3 is 2.74 bits per heavy atom. The normalized spacial score (nSPS) is 15.7. The van der Waals surface area contributed by atoms with Crippen LogP contribution in [0.2, 0.25) is 0 Å². The third kappa shape index (κ3) is 4.10. The van der Waals surface area contributed by atoms with Gasteiger partial charge in [0, 0.05) is 24.5 Å². The third-order valence-electron chi connectivity index (χ3n) is 5.63. The molecule has 176 valence electrons. The van der Waals surface area contributed by atoms with E-state index >= 15 is 0 Å². The van der Waals surface area contributed by atoms with Gasteiger partial charge in [-0.15, -0.1) is 5.10 Å². The Labute approximate surface area is 193 Å². The first kappa shape index (κ1) is 22.0. The lowest BCUT2D eigenvalue weighted by Gasteiger charge is -2.26. The van der Waals surface area contributed by atoms with Gasteiger partial charge in [-0.2, -0.15) is 18.2 Å². The van der Waals surface area contributed by atoms with Gasteiger partial charge in [-0.3, -0.25) is 0 Å². The summed E-state index contributed by atoms with van der Waals surface area (Å²) in [4.78, 5) is 8.76. The predicted octanol–water partition coefficient (Wildman–Crippen LogP) is 4.24. The molecule has 34 heavy (non-hydrogen) atoms. The number of imidazole rings is 1. The Morgan fingerprint density at radius 1 is 1.18 bits per heavy atom. The standard InChI is InChI=1S/C23H22F3N7O/c1-14-12-32(13-28-14)18-8-7-15(11-19(18)34-2)29-22-30-21-20(27-9-10-33(21)31-22)16-5-3-4-6-17(16)23(24,25)26/h3-8,11-13,20,27H,9-10H2,1-2H3,(H,29,31). The van der Waals surface area contributed by atoms with Gasteiger partial charge in [0.05, 0.1) is 43.0 Å². The number of nitrogens with one attached hydrogen (secondary N) is 2. The molecule has 0 fully saturated rings. The van der Waals surface area contributed by atoms with E-state index in [0.717, 1.165) is 17.4 Å². The lowest BCUT2D eigenvalue weighted by molar-refractivity contribution is -0.138. The first-order valence-electron chi connectivity index (χ1n) is 10.6. The van der Waals surface area contributed by atoms with Crippen molar-refractivity contribution in [1.29, 1.82) is 0 Å². The van der Waals surface area contributed by atoms with Crippen LogP contribution in [0, 0.1) is 6.92 Å². The van der Waals surface area contributed by atoms with E-state index in [4.69, 9.17) is 4.74 Å². The number of anilines is 2. The van der Waals surface area contributed by atoms with Crippen LogP contribution in [0.3, 0.4) is 0 Å². The molecule has 11 heteroatoms.